The minimum atomic E-state index is -0.625. The molecular weight excluding hydrogens is 218 g/mol. The molecule has 2 rings (SSSR count). The van der Waals surface area contributed by atoms with Crippen LogP contribution >= 0.6 is 0 Å². The normalized spacial score (nSPS) is 10.4. The number of para-hydroxylation sites is 1. The van der Waals surface area contributed by atoms with Crippen molar-refractivity contribution in [3.05, 3.63) is 36.0 Å². The van der Waals surface area contributed by atoms with Gasteiger partial charge >= 0.3 is 11.9 Å². The smallest absolute Gasteiger partial charge is 0.362 e. The van der Waals surface area contributed by atoms with E-state index in [0.717, 1.165) is 10.9 Å². The first kappa shape index (κ1) is 11.4. The summed E-state index contributed by atoms with van der Waals surface area (Å²) in [6.07, 6.45) is 0.921. The average Bonchev–Trinajstić information content (AvgIpc) is 2.72. The molecule has 0 aliphatic rings. The van der Waals surface area contributed by atoms with Crippen LogP contribution in [0, 0.1) is 0 Å². The number of ether oxygens (including phenoxy) is 1. The fourth-order valence-electron chi connectivity index (χ4n) is 1.60. The molecule has 4 nitrogen and oxygen atoms in total. The van der Waals surface area contributed by atoms with Crippen molar-refractivity contribution in [2.75, 3.05) is 0 Å². The van der Waals surface area contributed by atoms with Crippen LogP contribution in [0.15, 0.2) is 30.3 Å². The number of benzene rings is 1. The number of aromatic nitrogens is 1. The highest BCUT2D eigenvalue weighted by atomic mass is 16.6. The monoisotopic (exact) mass is 231 g/mol. The Labute approximate surface area is 98.6 Å². The summed E-state index contributed by atoms with van der Waals surface area (Å²) >= 11 is 0. The number of fused-ring (bicyclic) bond motifs is 1. The Morgan fingerprint density at radius 3 is 2.76 bits per heavy atom. The van der Waals surface area contributed by atoms with Gasteiger partial charge in [-0.1, -0.05) is 25.1 Å². The summed E-state index contributed by atoms with van der Waals surface area (Å²) in [5.41, 5.74) is 1.15. The van der Waals surface area contributed by atoms with Gasteiger partial charge in [-0.05, 0) is 18.6 Å². The van der Waals surface area contributed by atoms with Crippen molar-refractivity contribution < 1.29 is 14.3 Å². The van der Waals surface area contributed by atoms with Crippen LogP contribution in [0.2, 0.25) is 0 Å². The van der Waals surface area contributed by atoms with E-state index in [4.69, 9.17) is 4.74 Å². The molecule has 0 unspecified atom stereocenters. The molecule has 0 aliphatic heterocycles. The zero-order valence-corrected chi connectivity index (χ0v) is 9.53. The Kier molecular flexibility index (Phi) is 3.23. The second-order valence-corrected chi connectivity index (χ2v) is 3.78. The molecule has 0 spiro atoms. The molecule has 0 aliphatic carbocycles. The number of esters is 2. The van der Waals surface area contributed by atoms with E-state index in [9.17, 15) is 9.59 Å². The Balaban J connectivity index is 2.16. The van der Waals surface area contributed by atoms with Gasteiger partial charge in [0.15, 0.2) is 0 Å². The lowest BCUT2D eigenvalue weighted by molar-refractivity contribution is -0.138. The molecule has 17 heavy (non-hydrogen) atoms. The van der Waals surface area contributed by atoms with E-state index >= 15 is 0 Å². The maximum Gasteiger partial charge on any atom is 0.362 e. The first-order valence-electron chi connectivity index (χ1n) is 5.53. The summed E-state index contributed by atoms with van der Waals surface area (Å²) in [5.74, 6) is -1.11. The highest BCUT2D eigenvalue weighted by molar-refractivity contribution is 5.99. The zero-order chi connectivity index (χ0) is 12.3. The second-order valence-electron chi connectivity index (χ2n) is 3.78. The van der Waals surface area contributed by atoms with Crippen LogP contribution in [0.4, 0.5) is 0 Å². The van der Waals surface area contributed by atoms with Crippen LogP contribution in [0.1, 0.15) is 30.3 Å². The molecule has 1 heterocycles. The fraction of sp³-hybridized carbons (Fsp3) is 0.231. The highest BCUT2D eigenvalue weighted by Crippen LogP contribution is 2.15. The molecule has 0 bridgehead atoms. The van der Waals surface area contributed by atoms with Gasteiger partial charge in [0.1, 0.15) is 5.69 Å². The SMILES string of the molecule is CCCC(=O)OC(=O)c1cc2ccccc2[nH]1. The maximum absolute atomic E-state index is 11.6. The molecule has 0 atom stereocenters. The lowest BCUT2D eigenvalue weighted by atomic mass is 10.2. The summed E-state index contributed by atoms with van der Waals surface area (Å²) < 4.78 is 4.70. The van der Waals surface area contributed by atoms with E-state index in [0.29, 0.717) is 12.1 Å². The molecular formula is C13H13NO3. The van der Waals surface area contributed by atoms with E-state index in [-0.39, 0.29) is 6.42 Å². The summed E-state index contributed by atoms with van der Waals surface area (Å²) in [5, 5.41) is 0.919. The van der Waals surface area contributed by atoms with Gasteiger partial charge in [0.05, 0.1) is 0 Å². The molecule has 0 saturated heterocycles. The van der Waals surface area contributed by atoms with Crippen molar-refractivity contribution in [3.8, 4) is 0 Å². The number of H-pyrrole nitrogens is 1. The summed E-state index contributed by atoms with van der Waals surface area (Å²) in [6, 6.07) is 9.18. The summed E-state index contributed by atoms with van der Waals surface area (Å²) in [6.45, 7) is 1.86. The fourth-order valence-corrected chi connectivity index (χ4v) is 1.60. The van der Waals surface area contributed by atoms with Crippen molar-refractivity contribution in [1.82, 2.24) is 4.98 Å². The van der Waals surface area contributed by atoms with Gasteiger partial charge in [-0.25, -0.2) is 4.79 Å². The van der Waals surface area contributed by atoms with Crippen LogP contribution in [0.3, 0.4) is 0 Å². The molecule has 0 radical (unpaired) electrons. The van der Waals surface area contributed by atoms with Crippen LogP contribution in [-0.4, -0.2) is 16.9 Å². The number of carbonyl (C=O) groups excluding carboxylic acids is 2. The number of aromatic amines is 1. The van der Waals surface area contributed by atoms with Gasteiger partial charge in [-0.2, -0.15) is 0 Å². The number of hydrogen-bond acceptors (Lipinski definition) is 3. The lowest BCUT2D eigenvalue weighted by Gasteiger charge is -1.99. The standard InChI is InChI=1S/C13H13NO3/c1-2-5-12(15)17-13(16)11-8-9-6-3-4-7-10(9)14-11/h3-4,6-8,14H,2,5H2,1H3. The van der Waals surface area contributed by atoms with Gasteiger partial charge in [0.25, 0.3) is 0 Å². The molecule has 1 aromatic carbocycles. The lowest BCUT2D eigenvalue weighted by Crippen LogP contribution is -2.12. The third-order valence-electron chi connectivity index (χ3n) is 2.41. The van der Waals surface area contributed by atoms with Crippen molar-refractivity contribution in [2.24, 2.45) is 0 Å². The van der Waals surface area contributed by atoms with Crippen molar-refractivity contribution in [2.45, 2.75) is 19.8 Å². The number of rotatable bonds is 3. The van der Waals surface area contributed by atoms with Crippen LogP contribution < -0.4 is 0 Å². The Hall–Kier alpha value is -2.10. The third-order valence-corrected chi connectivity index (χ3v) is 2.41. The number of carbonyl (C=O) groups is 2. The molecule has 2 aromatic rings. The van der Waals surface area contributed by atoms with E-state index in [2.05, 4.69) is 4.98 Å². The van der Waals surface area contributed by atoms with Gasteiger partial charge in [-0.15, -0.1) is 0 Å². The first-order valence-corrected chi connectivity index (χ1v) is 5.53. The molecule has 0 fully saturated rings. The Morgan fingerprint density at radius 2 is 2.06 bits per heavy atom. The van der Waals surface area contributed by atoms with Gasteiger partial charge in [0.2, 0.25) is 0 Å². The van der Waals surface area contributed by atoms with Crippen LogP contribution in [-0.2, 0) is 9.53 Å². The van der Waals surface area contributed by atoms with Gasteiger partial charge in [-0.3, -0.25) is 4.79 Å². The molecule has 1 aromatic heterocycles. The largest absolute Gasteiger partial charge is 0.388 e. The van der Waals surface area contributed by atoms with E-state index in [1.54, 1.807) is 6.07 Å². The Bertz CT molecular complexity index is 524. The number of hydrogen-bond donors (Lipinski definition) is 1. The zero-order valence-electron chi connectivity index (χ0n) is 9.53. The first-order chi connectivity index (χ1) is 8.20. The number of nitrogens with one attached hydrogen (secondary N) is 1. The Morgan fingerprint density at radius 1 is 1.29 bits per heavy atom. The van der Waals surface area contributed by atoms with Gasteiger partial charge in [0, 0.05) is 17.3 Å². The van der Waals surface area contributed by atoms with Gasteiger partial charge < -0.3 is 9.72 Å². The van der Waals surface area contributed by atoms with Crippen LogP contribution in [0.5, 0.6) is 0 Å². The molecule has 1 N–H and O–H groups in total. The predicted molar refractivity (Wildman–Crippen MR) is 63.6 cm³/mol. The maximum atomic E-state index is 11.6. The minimum absolute atomic E-state index is 0.256. The van der Waals surface area contributed by atoms with E-state index in [1.165, 1.54) is 0 Å². The van der Waals surface area contributed by atoms with Crippen molar-refractivity contribution in [3.63, 3.8) is 0 Å². The minimum Gasteiger partial charge on any atom is -0.388 e. The highest BCUT2D eigenvalue weighted by Gasteiger charge is 2.14. The summed E-state index contributed by atoms with van der Waals surface area (Å²) in [7, 11) is 0. The molecule has 0 saturated carbocycles. The molecule has 4 heteroatoms. The van der Waals surface area contributed by atoms with E-state index < -0.39 is 11.9 Å². The quantitative estimate of drug-likeness (QED) is 0.652. The topological polar surface area (TPSA) is 59.2 Å². The molecule has 88 valence electrons. The van der Waals surface area contributed by atoms with E-state index in [1.807, 2.05) is 31.2 Å². The molecule has 0 amide bonds. The van der Waals surface area contributed by atoms with Crippen molar-refractivity contribution >= 4 is 22.8 Å². The average molecular weight is 231 g/mol. The third kappa shape index (κ3) is 2.53. The predicted octanol–water partition coefficient (Wildman–Crippen LogP) is 2.65. The summed E-state index contributed by atoms with van der Waals surface area (Å²) in [4.78, 5) is 25.7. The van der Waals surface area contributed by atoms with Crippen molar-refractivity contribution in [1.29, 1.82) is 0 Å². The second kappa shape index (κ2) is 4.82. The van der Waals surface area contributed by atoms with Crippen LogP contribution in [0.25, 0.3) is 10.9 Å².